The number of esters is 1. The highest BCUT2D eigenvalue weighted by Crippen LogP contribution is 2.28. The van der Waals surface area contributed by atoms with Gasteiger partial charge < -0.3 is 9.64 Å². The first-order chi connectivity index (χ1) is 11.6. The standard InChI is InChI=1S/C15H18F3N3O4/c1-10-8-19(5-6-20(10)9-15(16,17)18)11-3-4-13(21(23)24)12(7-11)14(22)25-2/h3-4,7,10H,5-6,8-9H2,1-2H3. The van der Waals surface area contributed by atoms with Gasteiger partial charge in [0.25, 0.3) is 5.69 Å². The monoisotopic (exact) mass is 361 g/mol. The van der Waals surface area contributed by atoms with E-state index in [0.717, 1.165) is 7.11 Å². The number of benzene rings is 1. The van der Waals surface area contributed by atoms with Gasteiger partial charge in [-0.1, -0.05) is 0 Å². The second kappa shape index (κ2) is 7.26. The molecule has 7 nitrogen and oxygen atoms in total. The molecule has 1 saturated heterocycles. The fraction of sp³-hybridized carbons (Fsp3) is 0.533. The fourth-order valence-electron chi connectivity index (χ4n) is 2.85. The smallest absolute Gasteiger partial charge is 0.401 e. The zero-order chi connectivity index (χ0) is 18.8. The molecule has 0 spiro atoms. The first-order valence-corrected chi connectivity index (χ1v) is 7.55. The Morgan fingerprint density at radius 2 is 2.08 bits per heavy atom. The van der Waals surface area contributed by atoms with Gasteiger partial charge in [0.05, 0.1) is 18.6 Å². The number of methoxy groups -OCH3 is 1. The SMILES string of the molecule is COC(=O)c1cc(N2CCN(CC(F)(F)F)C(C)C2)ccc1[N+](=O)[O-]. The number of carbonyl (C=O) groups excluding carboxylic acids is 1. The second-order valence-corrected chi connectivity index (χ2v) is 5.83. The maximum absolute atomic E-state index is 12.6. The fourth-order valence-corrected chi connectivity index (χ4v) is 2.85. The van der Waals surface area contributed by atoms with Gasteiger partial charge in [0.1, 0.15) is 5.56 Å². The van der Waals surface area contributed by atoms with Gasteiger partial charge in [-0.25, -0.2) is 4.79 Å². The zero-order valence-electron chi connectivity index (χ0n) is 13.7. The highest BCUT2D eigenvalue weighted by Gasteiger charge is 2.35. The van der Waals surface area contributed by atoms with Crippen LogP contribution in [0.3, 0.4) is 0 Å². The minimum Gasteiger partial charge on any atom is -0.465 e. The summed E-state index contributed by atoms with van der Waals surface area (Å²) in [7, 11) is 1.12. The van der Waals surface area contributed by atoms with Crippen molar-refractivity contribution in [2.75, 3.05) is 38.2 Å². The molecule has 1 heterocycles. The van der Waals surface area contributed by atoms with Crippen LogP contribution in [-0.2, 0) is 4.74 Å². The van der Waals surface area contributed by atoms with E-state index in [1.165, 1.54) is 23.1 Å². The number of ether oxygens (including phenoxy) is 1. The Hall–Kier alpha value is -2.36. The number of nitrogens with zero attached hydrogens (tertiary/aromatic N) is 3. The van der Waals surface area contributed by atoms with Crippen molar-refractivity contribution >= 4 is 17.3 Å². The molecule has 0 N–H and O–H groups in total. The Balaban J connectivity index is 2.20. The van der Waals surface area contributed by atoms with Crippen LogP contribution in [0.2, 0.25) is 0 Å². The summed E-state index contributed by atoms with van der Waals surface area (Å²) in [6.45, 7) is 1.54. The molecule has 0 aromatic heterocycles. The van der Waals surface area contributed by atoms with E-state index in [-0.39, 0.29) is 23.8 Å². The average molecular weight is 361 g/mol. The molecular weight excluding hydrogens is 343 g/mol. The molecule has 2 rings (SSSR count). The van der Waals surface area contributed by atoms with E-state index in [1.807, 2.05) is 0 Å². The molecule has 0 radical (unpaired) electrons. The van der Waals surface area contributed by atoms with Crippen LogP contribution in [0.1, 0.15) is 17.3 Å². The number of nitro benzene ring substituents is 1. The predicted molar refractivity (Wildman–Crippen MR) is 83.7 cm³/mol. The van der Waals surface area contributed by atoms with Crippen LogP contribution in [0.5, 0.6) is 0 Å². The van der Waals surface area contributed by atoms with Crippen molar-refractivity contribution < 1.29 is 27.6 Å². The quantitative estimate of drug-likeness (QED) is 0.466. The molecule has 1 unspecified atom stereocenters. The Bertz CT molecular complexity index is 666. The van der Waals surface area contributed by atoms with Crippen LogP contribution < -0.4 is 4.90 Å². The highest BCUT2D eigenvalue weighted by atomic mass is 19.4. The zero-order valence-corrected chi connectivity index (χ0v) is 13.7. The Morgan fingerprint density at radius 1 is 1.40 bits per heavy atom. The van der Waals surface area contributed by atoms with E-state index in [9.17, 15) is 28.1 Å². The van der Waals surface area contributed by atoms with E-state index in [0.29, 0.717) is 18.8 Å². The maximum Gasteiger partial charge on any atom is 0.401 e. The number of hydrogen-bond acceptors (Lipinski definition) is 6. The van der Waals surface area contributed by atoms with Crippen molar-refractivity contribution in [1.82, 2.24) is 4.90 Å². The number of alkyl halides is 3. The molecule has 1 aromatic carbocycles. The summed E-state index contributed by atoms with van der Waals surface area (Å²) in [6, 6.07) is 3.67. The highest BCUT2D eigenvalue weighted by molar-refractivity contribution is 5.95. The molecule has 1 atom stereocenters. The molecule has 0 bridgehead atoms. The summed E-state index contributed by atoms with van der Waals surface area (Å²) >= 11 is 0. The van der Waals surface area contributed by atoms with Crippen LogP contribution in [-0.4, -0.2) is 61.3 Å². The number of carbonyl (C=O) groups is 1. The third-order valence-electron chi connectivity index (χ3n) is 4.09. The largest absolute Gasteiger partial charge is 0.465 e. The molecule has 1 aromatic rings. The molecule has 0 aliphatic carbocycles. The molecule has 1 aliphatic heterocycles. The first-order valence-electron chi connectivity index (χ1n) is 7.55. The van der Waals surface area contributed by atoms with Crippen molar-refractivity contribution in [2.45, 2.75) is 19.1 Å². The number of nitro groups is 1. The van der Waals surface area contributed by atoms with E-state index in [2.05, 4.69) is 4.74 Å². The first kappa shape index (κ1) is 19.0. The summed E-state index contributed by atoms with van der Waals surface area (Å²) in [5, 5.41) is 11.0. The van der Waals surface area contributed by atoms with Gasteiger partial charge in [0.2, 0.25) is 0 Å². The topological polar surface area (TPSA) is 75.9 Å². The molecule has 25 heavy (non-hydrogen) atoms. The van der Waals surface area contributed by atoms with Crippen molar-refractivity contribution in [3.63, 3.8) is 0 Å². The van der Waals surface area contributed by atoms with Gasteiger partial charge >= 0.3 is 12.1 Å². The van der Waals surface area contributed by atoms with Crippen LogP contribution in [0.25, 0.3) is 0 Å². The molecule has 138 valence electrons. The number of piperazine rings is 1. The van der Waals surface area contributed by atoms with Crippen LogP contribution in [0.15, 0.2) is 18.2 Å². The van der Waals surface area contributed by atoms with Gasteiger partial charge in [0.15, 0.2) is 0 Å². The third kappa shape index (κ3) is 4.59. The number of halogens is 3. The van der Waals surface area contributed by atoms with Crippen LogP contribution >= 0.6 is 0 Å². The van der Waals surface area contributed by atoms with E-state index in [4.69, 9.17) is 0 Å². The summed E-state index contributed by atoms with van der Waals surface area (Å²) in [4.78, 5) is 25.3. The lowest BCUT2D eigenvalue weighted by molar-refractivity contribution is -0.385. The number of rotatable bonds is 4. The van der Waals surface area contributed by atoms with E-state index >= 15 is 0 Å². The number of anilines is 1. The Morgan fingerprint density at radius 3 is 2.60 bits per heavy atom. The normalized spacial score (nSPS) is 18.9. The van der Waals surface area contributed by atoms with Gasteiger partial charge in [-0.2, -0.15) is 13.2 Å². The molecule has 1 aliphatic rings. The lowest BCUT2D eigenvalue weighted by Crippen LogP contribution is -2.54. The van der Waals surface area contributed by atoms with Crippen molar-refractivity contribution in [3.05, 3.63) is 33.9 Å². The Labute approximate surface area is 142 Å². The summed E-state index contributed by atoms with van der Waals surface area (Å²) in [5.74, 6) is -0.836. The van der Waals surface area contributed by atoms with Crippen LogP contribution in [0.4, 0.5) is 24.5 Å². The van der Waals surface area contributed by atoms with E-state index < -0.39 is 23.6 Å². The molecule has 0 amide bonds. The van der Waals surface area contributed by atoms with Crippen molar-refractivity contribution in [2.24, 2.45) is 0 Å². The summed E-state index contributed by atoms with van der Waals surface area (Å²) in [6.07, 6.45) is -4.26. The maximum atomic E-state index is 12.6. The Kier molecular flexibility index (Phi) is 5.51. The molecular formula is C15H18F3N3O4. The third-order valence-corrected chi connectivity index (χ3v) is 4.09. The van der Waals surface area contributed by atoms with Gasteiger partial charge in [-0.3, -0.25) is 15.0 Å². The van der Waals surface area contributed by atoms with Gasteiger partial charge in [-0.05, 0) is 19.1 Å². The molecule has 10 heteroatoms. The van der Waals surface area contributed by atoms with E-state index in [1.54, 1.807) is 11.8 Å². The average Bonchev–Trinajstić information content (AvgIpc) is 2.54. The van der Waals surface area contributed by atoms with Crippen LogP contribution in [0, 0.1) is 10.1 Å². The minimum absolute atomic E-state index is 0.185. The minimum atomic E-state index is -4.26. The van der Waals surface area contributed by atoms with Crippen molar-refractivity contribution in [3.8, 4) is 0 Å². The van der Waals surface area contributed by atoms with Crippen molar-refractivity contribution in [1.29, 1.82) is 0 Å². The summed E-state index contributed by atoms with van der Waals surface area (Å²) in [5.41, 5.74) is -0.0285. The number of hydrogen-bond donors (Lipinski definition) is 0. The summed E-state index contributed by atoms with van der Waals surface area (Å²) < 4.78 is 42.3. The molecule has 0 saturated carbocycles. The van der Waals surface area contributed by atoms with Gasteiger partial charge in [-0.15, -0.1) is 0 Å². The lowest BCUT2D eigenvalue weighted by atomic mass is 10.1. The second-order valence-electron chi connectivity index (χ2n) is 5.83. The predicted octanol–water partition coefficient (Wildman–Crippen LogP) is 2.45. The molecule has 1 fully saturated rings. The van der Waals surface area contributed by atoms with Gasteiger partial charge in [0, 0.05) is 37.4 Å². The lowest BCUT2D eigenvalue weighted by Gasteiger charge is -2.41.